The van der Waals surface area contributed by atoms with Crippen LogP contribution in [-0.2, 0) is 19.1 Å². The molecule has 9 heteroatoms. The summed E-state index contributed by atoms with van der Waals surface area (Å²) < 4.78 is 9.41. The minimum Gasteiger partial charge on any atom is -0.465 e. The number of hydrogen-bond acceptors (Lipinski definition) is 7. The molecule has 1 aromatic rings. The Hall–Kier alpha value is -2.48. The van der Waals surface area contributed by atoms with Gasteiger partial charge in [0.1, 0.15) is 0 Å². The summed E-state index contributed by atoms with van der Waals surface area (Å²) in [5, 5.41) is 10.4. The van der Waals surface area contributed by atoms with E-state index in [-0.39, 0.29) is 29.5 Å². The van der Waals surface area contributed by atoms with Gasteiger partial charge in [-0.3, -0.25) is 24.5 Å². The first-order valence-electron chi connectivity index (χ1n) is 6.64. The van der Waals surface area contributed by atoms with E-state index >= 15 is 0 Å². The number of hydrogen-bond donors (Lipinski definition) is 0. The first kappa shape index (κ1) is 18.6. The van der Waals surface area contributed by atoms with E-state index in [0.717, 1.165) is 18.2 Å². The van der Waals surface area contributed by atoms with Crippen molar-refractivity contribution in [1.29, 1.82) is 0 Å². The fraction of sp³-hybridized carbons (Fsp3) is 0.357. The van der Waals surface area contributed by atoms with Crippen LogP contribution in [0.25, 0.3) is 0 Å². The van der Waals surface area contributed by atoms with E-state index < -0.39 is 28.6 Å². The van der Waals surface area contributed by atoms with Crippen LogP contribution >= 0.6 is 11.6 Å². The van der Waals surface area contributed by atoms with Gasteiger partial charge < -0.3 is 9.47 Å². The van der Waals surface area contributed by atoms with Crippen LogP contribution < -0.4 is 0 Å². The summed E-state index contributed by atoms with van der Waals surface area (Å²) in [6.45, 7) is 2.97. The van der Waals surface area contributed by atoms with E-state index in [1.165, 1.54) is 13.8 Å². The number of rotatable bonds is 7. The third-order valence-corrected chi connectivity index (χ3v) is 3.05. The summed E-state index contributed by atoms with van der Waals surface area (Å²) in [6, 6.07) is 3.09. The summed E-state index contributed by atoms with van der Waals surface area (Å²) in [4.78, 5) is 46.1. The lowest BCUT2D eigenvalue weighted by Gasteiger charge is -2.14. The van der Waals surface area contributed by atoms with Crippen molar-refractivity contribution in [2.24, 2.45) is 5.92 Å². The third-order valence-electron chi connectivity index (χ3n) is 2.74. The topological polar surface area (TPSA) is 113 Å². The minimum atomic E-state index is -1.83. The molecule has 8 nitrogen and oxygen atoms in total. The zero-order chi connectivity index (χ0) is 17.6. The molecule has 0 heterocycles. The zero-order valence-electron chi connectivity index (χ0n) is 12.4. The summed E-state index contributed by atoms with van der Waals surface area (Å²) in [7, 11) is 0. The highest BCUT2D eigenvalue weighted by Gasteiger charge is 2.38. The summed E-state index contributed by atoms with van der Waals surface area (Å²) in [6.07, 6.45) is 0. The van der Waals surface area contributed by atoms with Gasteiger partial charge in [-0.2, -0.15) is 0 Å². The molecule has 0 aliphatic carbocycles. The smallest absolute Gasteiger partial charge is 0.328 e. The predicted molar refractivity (Wildman–Crippen MR) is 79.2 cm³/mol. The number of ketones is 1. The summed E-state index contributed by atoms with van der Waals surface area (Å²) >= 11 is 5.85. The van der Waals surface area contributed by atoms with Crippen molar-refractivity contribution in [3.8, 4) is 0 Å². The normalized spacial score (nSPS) is 10.3. The predicted octanol–water partition coefficient (Wildman–Crippen LogP) is 2.17. The maximum absolute atomic E-state index is 12.4. The Labute approximate surface area is 136 Å². The number of benzene rings is 1. The Morgan fingerprint density at radius 2 is 1.70 bits per heavy atom. The Bertz CT molecular complexity index is 626. The zero-order valence-corrected chi connectivity index (χ0v) is 13.2. The van der Waals surface area contributed by atoms with Gasteiger partial charge in [0.15, 0.2) is 5.78 Å². The van der Waals surface area contributed by atoms with Gasteiger partial charge in [0.25, 0.3) is 5.69 Å². The number of carbonyl (C=O) groups excluding carboxylic acids is 3. The van der Waals surface area contributed by atoms with Gasteiger partial charge in [0.05, 0.1) is 23.2 Å². The number of nitro groups is 1. The molecule has 0 aliphatic heterocycles. The molecule has 0 saturated heterocycles. The monoisotopic (exact) mass is 343 g/mol. The molecular weight excluding hydrogens is 330 g/mol. The molecule has 0 N–H and O–H groups in total. The van der Waals surface area contributed by atoms with Crippen LogP contribution in [0.1, 0.15) is 24.2 Å². The van der Waals surface area contributed by atoms with Crippen LogP contribution in [0, 0.1) is 16.0 Å². The van der Waals surface area contributed by atoms with Gasteiger partial charge >= 0.3 is 11.9 Å². The van der Waals surface area contributed by atoms with E-state index in [4.69, 9.17) is 21.1 Å². The second kappa shape index (κ2) is 8.23. The number of halogens is 1. The minimum absolute atomic E-state index is 0.0317. The van der Waals surface area contributed by atoms with Gasteiger partial charge in [0, 0.05) is 17.7 Å². The lowest BCUT2D eigenvalue weighted by molar-refractivity contribution is -0.384. The van der Waals surface area contributed by atoms with E-state index in [9.17, 15) is 24.5 Å². The molecule has 0 atom stereocenters. The van der Waals surface area contributed by atoms with E-state index in [0.29, 0.717) is 0 Å². The van der Waals surface area contributed by atoms with Crippen LogP contribution in [-0.4, -0.2) is 35.9 Å². The average molecular weight is 344 g/mol. The van der Waals surface area contributed by atoms with Gasteiger partial charge in [0.2, 0.25) is 5.92 Å². The van der Waals surface area contributed by atoms with Crippen LogP contribution in [0.15, 0.2) is 18.2 Å². The molecule has 124 valence electrons. The molecule has 0 aromatic heterocycles. The lowest BCUT2D eigenvalue weighted by atomic mass is 9.97. The number of nitrogens with zero attached hydrogens (tertiary/aromatic N) is 1. The largest absolute Gasteiger partial charge is 0.465 e. The van der Waals surface area contributed by atoms with Gasteiger partial charge in [-0.25, -0.2) is 0 Å². The molecule has 0 fully saturated rings. The molecule has 0 bridgehead atoms. The molecule has 1 aromatic carbocycles. The first-order chi connectivity index (χ1) is 10.8. The van der Waals surface area contributed by atoms with Crippen molar-refractivity contribution in [2.75, 3.05) is 13.2 Å². The number of esters is 2. The molecule has 0 saturated carbocycles. The fourth-order valence-corrected chi connectivity index (χ4v) is 2.00. The maximum Gasteiger partial charge on any atom is 0.328 e. The molecule has 0 aliphatic rings. The number of carbonyl (C=O) groups is 3. The summed E-state index contributed by atoms with van der Waals surface area (Å²) in [5.41, 5.74) is -0.529. The quantitative estimate of drug-likeness (QED) is 0.245. The highest BCUT2D eigenvalue weighted by atomic mass is 35.5. The second-order valence-corrected chi connectivity index (χ2v) is 4.63. The number of non-ortho nitro benzene ring substituents is 1. The molecule has 1 rings (SSSR count). The Morgan fingerprint density at radius 1 is 1.17 bits per heavy atom. The maximum atomic E-state index is 12.4. The van der Waals surface area contributed by atoms with Gasteiger partial charge in [-0.1, -0.05) is 11.6 Å². The van der Waals surface area contributed by atoms with Crippen molar-refractivity contribution >= 4 is 35.0 Å². The van der Waals surface area contributed by atoms with E-state index in [1.807, 2.05) is 0 Å². The Morgan fingerprint density at radius 3 is 2.09 bits per heavy atom. The lowest BCUT2D eigenvalue weighted by Crippen LogP contribution is -2.35. The number of nitro benzene ring substituents is 1. The number of ether oxygens (including phenoxy) is 2. The number of Topliss-reactive ketones (excluding diaryl/α,β-unsaturated/α-hetero) is 1. The molecular formula is C14H14ClNO7. The van der Waals surface area contributed by atoms with Crippen molar-refractivity contribution in [2.45, 2.75) is 13.8 Å². The van der Waals surface area contributed by atoms with Crippen LogP contribution in [0.3, 0.4) is 0 Å². The Kier molecular flexibility index (Phi) is 6.65. The molecule has 0 unspecified atom stereocenters. The van der Waals surface area contributed by atoms with Crippen LogP contribution in [0.5, 0.6) is 0 Å². The van der Waals surface area contributed by atoms with E-state index in [2.05, 4.69) is 0 Å². The third kappa shape index (κ3) is 4.49. The average Bonchev–Trinajstić information content (AvgIpc) is 2.47. The van der Waals surface area contributed by atoms with E-state index in [1.54, 1.807) is 0 Å². The van der Waals surface area contributed by atoms with Crippen LogP contribution in [0.4, 0.5) is 5.69 Å². The molecule has 0 amide bonds. The van der Waals surface area contributed by atoms with Crippen LogP contribution in [0.2, 0.25) is 5.02 Å². The standard InChI is InChI=1S/C14H14ClNO7/c1-3-22-13(18)11(14(19)23-4-2)12(17)9-6-5-8(16(20)21)7-10(9)15/h5-7,11H,3-4H2,1-2H3. The van der Waals surface area contributed by atoms with Crippen molar-refractivity contribution in [3.05, 3.63) is 38.9 Å². The first-order valence-corrected chi connectivity index (χ1v) is 7.02. The van der Waals surface area contributed by atoms with Gasteiger partial charge in [-0.05, 0) is 19.9 Å². The fourth-order valence-electron chi connectivity index (χ4n) is 1.73. The molecule has 0 radical (unpaired) electrons. The summed E-state index contributed by atoms with van der Waals surface area (Å²) in [5.74, 6) is -4.90. The van der Waals surface area contributed by atoms with Crippen molar-refractivity contribution in [3.63, 3.8) is 0 Å². The highest BCUT2D eigenvalue weighted by molar-refractivity contribution is 6.36. The van der Waals surface area contributed by atoms with Crippen molar-refractivity contribution < 1.29 is 28.8 Å². The van der Waals surface area contributed by atoms with Crippen molar-refractivity contribution in [1.82, 2.24) is 0 Å². The van der Waals surface area contributed by atoms with Gasteiger partial charge in [-0.15, -0.1) is 0 Å². The molecule has 23 heavy (non-hydrogen) atoms. The molecule has 0 spiro atoms. The second-order valence-electron chi connectivity index (χ2n) is 4.22. The Balaban J connectivity index is 3.21. The highest BCUT2D eigenvalue weighted by Crippen LogP contribution is 2.25. The SMILES string of the molecule is CCOC(=O)C(C(=O)OCC)C(=O)c1ccc([N+](=O)[O-])cc1Cl.